The van der Waals surface area contributed by atoms with Crippen molar-refractivity contribution in [3.05, 3.63) is 0 Å². The van der Waals surface area contributed by atoms with Gasteiger partial charge in [-0.05, 0) is 0 Å². The zero-order valence-corrected chi connectivity index (χ0v) is 6.49. The summed E-state index contributed by atoms with van der Waals surface area (Å²) in [5, 5.41) is 0. The van der Waals surface area contributed by atoms with Crippen LogP contribution >= 0.6 is 0 Å². The van der Waals surface area contributed by atoms with Gasteiger partial charge >= 0.3 is 51.4 Å². The molecule has 10 heavy (non-hydrogen) atoms. The van der Waals surface area contributed by atoms with Crippen molar-refractivity contribution in [2.24, 2.45) is 0 Å². The summed E-state index contributed by atoms with van der Waals surface area (Å²) in [6, 6.07) is 0. The first-order chi connectivity index (χ1) is 3.71. The van der Waals surface area contributed by atoms with Gasteiger partial charge in [-0.3, -0.25) is 0 Å². The van der Waals surface area contributed by atoms with Gasteiger partial charge in [0.25, 0.3) is 20.2 Å². The SMILES string of the molecule is CS(=O)(=O)OS(C)(=O)=O.[KH]. The molecule has 0 spiro atoms. The molecule has 0 aliphatic heterocycles. The van der Waals surface area contributed by atoms with Crippen LogP contribution in [0.25, 0.3) is 0 Å². The Labute approximate surface area is 103 Å². The second-order valence-corrected chi connectivity index (χ2v) is 4.84. The van der Waals surface area contributed by atoms with Gasteiger partial charge in [-0.15, -0.1) is 3.63 Å². The topological polar surface area (TPSA) is 77.5 Å². The summed E-state index contributed by atoms with van der Waals surface area (Å²) in [6.07, 6.45) is 1.32. The molecule has 0 bridgehead atoms. The van der Waals surface area contributed by atoms with E-state index >= 15 is 0 Å². The number of hydrogen-bond acceptors (Lipinski definition) is 5. The van der Waals surface area contributed by atoms with Gasteiger partial charge in [0.2, 0.25) is 0 Å². The summed E-state index contributed by atoms with van der Waals surface area (Å²) in [4.78, 5) is 0. The third kappa shape index (κ3) is 12.2. The zero-order chi connectivity index (χ0) is 7.71. The van der Waals surface area contributed by atoms with Crippen molar-refractivity contribution >= 4 is 71.6 Å². The summed E-state index contributed by atoms with van der Waals surface area (Å²) in [5.74, 6) is 0. The Morgan fingerprint density at radius 2 is 1.10 bits per heavy atom. The molecule has 5 nitrogen and oxygen atoms in total. The van der Waals surface area contributed by atoms with E-state index in [4.69, 9.17) is 0 Å². The molecule has 0 unspecified atom stereocenters. The fourth-order valence-electron chi connectivity index (χ4n) is 0.225. The summed E-state index contributed by atoms with van der Waals surface area (Å²) in [6.45, 7) is 0. The molecule has 0 aromatic heterocycles. The Kier molecular flexibility index (Phi) is 6.33. The van der Waals surface area contributed by atoms with E-state index in [-0.39, 0.29) is 51.4 Å². The van der Waals surface area contributed by atoms with Crippen molar-refractivity contribution in [3.8, 4) is 0 Å². The molecule has 0 aromatic carbocycles. The third-order valence-electron chi connectivity index (χ3n) is 0.247. The normalized spacial score (nSPS) is 12.2. The average molecular weight is 214 g/mol. The minimum atomic E-state index is -3.87. The van der Waals surface area contributed by atoms with Gasteiger partial charge in [-0.2, -0.15) is 16.8 Å². The minimum absolute atomic E-state index is 0. The van der Waals surface area contributed by atoms with Crippen molar-refractivity contribution in [2.75, 3.05) is 12.5 Å². The monoisotopic (exact) mass is 214 g/mol. The van der Waals surface area contributed by atoms with Crippen LogP contribution in [0.1, 0.15) is 0 Å². The molecule has 0 amide bonds. The molecule has 0 saturated heterocycles. The molecule has 8 heteroatoms. The molecule has 0 aromatic rings. The van der Waals surface area contributed by atoms with Crippen LogP contribution in [0.2, 0.25) is 0 Å². The summed E-state index contributed by atoms with van der Waals surface area (Å²) < 4.78 is 43.8. The Balaban J connectivity index is 0. The van der Waals surface area contributed by atoms with Gasteiger partial charge in [0.05, 0.1) is 12.5 Å². The molecule has 0 rings (SSSR count). The van der Waals surface area contributed by atoms with Crippen LogP contribution < -0.4 is 0 Å². The quantitative estimate of drug-likeness (QED) is 0.511. The fraction of sp³-hybridized carbons (Fsp3) is 1.00. The molecule has 0 aliphatic carbocycles. The Hall–Kier alpha value is 1.50. The van der Waals surface area contributed by atoms with Crippen molar-refractivity contribution < 1.29 is 20.5 Å². The Morgan fingerprint density at radius 1 is 0.900 bits per heavy atom. The summed E-state index contributed by atoms with van der Waals surface area (Å²) in [5.41, 5.74) is 0. The van der Waals surface area contributed by atoms with Gasteiger partial charge < -0.3 is 0 Å². The summed E-state index contributed by atoms with van der Waals surface area (Å²) >= 11 is 0. The molecule has 0 heterocycles. The first-order valence-corrected chi connectivity index (χ1v) is 5.45. The zero-order valence-electron chi connectivity index (χ0n) is 4.86. The second kappa shape index (κ2) is 4.50. The van der Waals surface area contributed by atoms with Crippen LogP contribution in [-0.4, -0.2) is 80.7 Å². The van der Waals surface area contributed by atoms with E-state index in [2.05, 4.69) is 3.63 Å². The molecule has 0 aliphatic rings. The Bertz CT molecular complexity index is 243. The van der Waals surface area contributed by atoms with Gasteiger partial charge in [0.1, 0.15) is 0 Å². The van der Waals surface area contributed by atoms with E-state index in [0.29, 0.717) is 12.5 Å². The molecular weight excluding hydrogens is 207 g/mol. The predicted molar refractivity (Wildman–Crippen MR) is 37.9 cm³/mol. The first-order valence-electron chi connectivity index (χ1n) is 1.82. The van der Waals surface area contributed by atoms with Crippen LogP contribution in [0.15, 0.2) is 0 Å². The van der Waals surface area contributed by atoms with E-state index in [1.165, 1.54) is 0 Å². The van der Waals surface area contributed by atoms with Crippen molar-refractivity contribution in [1.82, 2.24) is 0 Å². The molecule has 0 N–H and O–H groups in total. The van der Waals surface area contributed by atoms with Crippen LogP contribution in [-0.2, 0) is 23.9 Å². The van der Waals surface area contributed by atoms with Crippen LogP contribution in [0.3, 0.4) is 0 Å². The van der Waals surface area contributed by atoms with Crippen molar-refractivity contribution in [1.29, 1.82) is 0 Å². The van der Waals surface area contributed by atoms with Crippen LogP contribution in [0.4, 0.5) is 0 Å². The van der Waals surface area contributed by atoms with E-state index in [0.717, 1.165) is 0 Å². The van der Waals surface area contributed by atoms with Crippen LogP contribution in [0, 0.1) is 0 Å². The van der Waals surface area contributed by atoms with Crippen molar-refractivity contribution in [2.45, 2.75) is 0 Å². The van der Waals surface area contributed by atoms with E-state index < -0.39 is 20.2 Å². The molecule has 0 saturated carbocycles. The Morgan fingerprint density at radius 3 is 1.10 bits per heavy atom. The molecule has 0 fully saturated rings. The maximum absolute atomic E-state index is 10.0. The van der Waals surface area contributed by atoms with Crippen molar-refractivity contribution in [3.63, 3.8) is 0 Å². The third-order valence-corrected chi connectivity index (χ3v) is 2.22. The second-order valence-electron chi connectivity index (χ2n) is 1.48. The maximum atomic E-state index is 10.0. The standard InChI is InChI=1S/C2H6O5S2.K.H/c1-8(3,4)7-9(2,5)6;;/h1-2H3;;. The fourth-order valence-corrected chi connectivity index (χ4v) is 2.02. The molecule has 58 valence electrons. The van der Waals surface area contributed by atoms with Gasteiger partial charge in [0, 0.05) is 0 Å². The van der Waals surface area contributed by atoms with E-state index in [1.807, 2.05) is 0 Å². The molecular formula is C2H7KO5S2. The molecule has 0 radical (unpaired) electrons. The van der Waals surface area contributed by atoms with Crippen LogP contribution in [0.5, 0.6) is 0 Å². The summed E-state index contributed by atoms with van der Waals surface area (Å²) in [7, 11) is -7.74. The van der Waals surface area contributed by atoms with E-state index in [1.54, 1.807) is 0 Å². The number of hydrogen-bond donors (Lipinski definition) is 0. The number of rotatable bonds is 2. The average Bonchev–Trinajstić information content (AvgIpc) is 1.14. The molecule has 0 atom stereocenters. The van der Waals surface area contributed by atoms with Gasteiger partial charge in [0.15, 0.2) is 0 Å². The van der Waals surface area contributed by atoms with Gasteiger partial charge in [-0.25, -0.2) is 0 Å². The predicted octanol–water partition coefficient (Wildman–Crippen LogP) is -1.73. The first kappa shape index (κ1) is 14.0. The van der Waals surface area contributed by atoms with E-state index in [9.17, 15) is 16.8 Å². The van der Waals surface area contributed by atoms with Gasteiger partial charge in [-0.1, -0.05) is 0 Å².